The SMILES string of the molecule is O=c1[nH]c(N2CC3(CCNCC3)C2)nc2cc(OCc3ccccc3)cc(F)c12. The first-order valence-corrected chi connectivity index (χ1v) is 9.98. The van der Waals surface area contributed by atoms with Gasteiger partial charge < -0.3 is 15.0 Å². The topological polar surface area (TPSA) is 70.2 Å². The van der Waals surface area contributed by atoms with Crippen LogP contribution in [-0.2, 0) is 6.61 Å². The van der Waals surface area contributed by atoms with Crippen molar-refractivity contribution in [1.82, 2.24) is 15.3 Å². The fourth-order valence-electron chi connectivity index (χ4n) is 4.35. The maximum absolute atomic E-state index is 14.6. The zero-order valence-corrected chi connectivity index (χ0v) is 16.1. The number of anilines is 1. The standard InChI is InChI=1S/C22H23FN4O2/c23-17-10-16(29-12-15-4-2-1-3-5-15)11-18-19(17)20(28)26-21(25-18)27-13-22(14-27)6-8-24-9-7-22/h1-5,10-11,24H,6-9,12-14H2,(H,25,26,28). The minimum absolute atomic E-state index is 0.0297. The summed E-state index contributed by atoms with van der Waals surface area (Å²) in [6.45, 7) is 4.13. The van der Waals surface area contributed by atoms with Crippen LogP contribution < -0.4 is 20.5 Å². The monoisotopic (exact) mass is 394 g/mol. The van der Waals surface area contributed by atoms with Gasteiger partial charge in [-0.15, -0.1) is 0 Å². The third-order valence-corrected chi connectivity index (χ3v) is 5.99. The van der Waals surface area contributed by atoms with E-state index in [0.717, 1.165) is 44.6 Å². The summed E-state index contributed by atoms with van der Waals surface area (Å²) in [4.78, 5) is 21.9. The van der Waals surface area contributed by atoms with Gasteiger partial charge in [0.15, 0.2) is 0 Å². The molecule has 2 aromatic carbocycles. The summed E-state index contributed by atoms with van der Waals surface area (Å²) in [6.07, 6.45) is 2.26. The average Bonchev–Trinajstić information content (AvgIpc) is 2.71. The molecule has 0 radical (unpaired) electrons. The van der Waals surface area contributed by atoms with Gasteiger partial charge in [0.2, 0.25) is 5.95 Å². The van der Waals surface area contributed by atoms with Crippen molar-refractivity contribution >= 4 is 16.9 Å². The molecule has 3 heterocycles. The van der Waals surface area contributed by atoms with Gasteiger partial charge in [0.05, 0.1) is 5.52 Å². The lowest BCUT2D eigenvalue weighted by molar-refractivity contribution is 0.148. The van der Waals surface area contributed by atoms with Crippen LogP contribution in [0.5, 0.6) is 5.75 Å². The Labute approximate surface area is 167 Å². The van der Waals surface area contributed by atoms with Gasteiger partial charge in [-0.2, -0.15) is 0 Å². The highest BCUT2D eigenvalue weighted by molar-refractivity contribution is 5.81. The first-order chi connectivity index (χ1) is 14.1. The summed E-state index contributed by atoms with van der Waals surface area (Å²) in [7, 11) is 0. The van der Waals surface area contributed by atoms with E-state index in [1.807, 2.05) is 30.3 Å². The van der Waals surface area contributed by atoms with Gasteiger partial charge in [-0.05, 0) is 31.5 Å². The Morgan fingerprint density at radius 2 is 1.90 bits per heavy atom. The van der Waals surface area contributed by atoms with E-state index in [-0.39, 0.29) is 5.39 Å². The molecule has 0 unspecified atom stereocenters. The molecule has 2 aliphatic rings. The van der Waals surface area contributed by atoms with Crippen LogP contribution in [0, 0.1) is 11.2 Å². The molecule has 1 spiro atoms. The number of H-pyrrole nitrogens is 1. The smallest absolute Gasteiger partial charge is 0.263 e. The molecule has 3 aromatic rings. The molecule has 2 aliphatic heterocycles. The Morgan fingerprint density at radius 1 is 1.14 bits per heavy atom. The Hall–Kier alpha value is -2.93. The number of fused-ring (bicyclic) bond motifs is 1. The molecule has 29 heavy (non-hydrogen) atoms. The van der Waals surface area contributed by atoms with Crippen LogP contribution in [0.1, 0.15) is 18.4 Å². The number of nitrogens with one attached hydrogen (secondary N) is 2. The van der Waals surface area contributed by atoms with Gasteiger partial charge in [-0.3, -0.25) is 9.78 Å². The fraction of sp³-hybridized carbons (Fsp3) is 0.364. The number of benzene rings is 2. The predicted molar refractivity (Wildman–Crippen MR) is 110 cm³/mol. The second-order valence-corrected chi connectivity index (χ2v) is 8.07. The van der Waals surface area contributed by atoms with Crippen molar-refractivity contribution in [2.45, 2.75) is 19.4 Å². The zero-order valence-electron chi connectivity index (χ0n) is 16.1. The Bertz CT molecular complexity index is 1090. The Balaban J connectivity index is 1.40. The Morgan fingerprint density at radius 3 is 2.66 bits per heavy atom. The first kappa shape index (κ1) is 18.1. The van der Waals surface area contributed by atoms with E-state index in [1.54, 1.807) is 6.07 Å². The van der Waals surface area contributed by atoms with Crippen LogP contribution in [0.25, 0.3) is 10.9 Å². The van der Waals surface area contributed by atoms with Crippen molar-refractivity contribution in [1.29, 1.82) is 0 Å². The Kier molecular flexibility index (Phi) is 4.47. The molecule has 7 heteroatoms. The molecule has 0 amide bonds. The summed E-state index contributed by atoms with van der Waals surface area (Å²) >= 11 is 0. The molecule has 0 aliphatic carbocycles. The van der Waals surface area contributed by atoms with Crippen LogP contribution in [0.4, 0.5) is 10.3 Å². The van der Waals surface area contributed by atoms with Crippen LogP contribution in [-0.4, -0.2) is 36.1 Å². The molecule has 5 rings (SSSR count). The van der Waals surface area contributed by atoms with E-state index in [9.17, 15) is 9.18 Å². The zero-order chi connectivity index (χ0) is 19.8. The normalized spacial score (nSPS) is 18.0. The molecule has 2 fully saturated rings. The molecule has 6 nitrogen and oxygen atoms in total. The van der Waals surface area contributed by atoms with E-state index in [2.05, 4.69) is 20.2 Å². The predicted octanol–water partition coefficient (Wildman–Crippen LogP) is 2.83. The number of hydrogen-bond donors (Lipinski definition) is 2. The maximum atomic E-state index is 14.6. The van der Waals surface area contributed by atoms with Gasteiger partial charge in [-0.1, -0.05) is 30.3 Å². The minimum atomic E-state index is -0.621. The quantitative estimate of drug-likeness (QED) is 0.712. The number of nitrogens with zero attached hydrogens (tertiary/aromatic N) is 2. The van der Waals surface area contributed by atoms with Crippen molar-refractivity contribution in [3.63, 3.8) is 0 Å². The van der Waals surface area contributed by atoms with Gasteiger partial charge in [0.1, 0.15) is 23.6 Å². The van der Waals surface area contributed by atoms with Crippen molar-refractivity contribution in [2.24, 2.45) is 5.41 Å². The summed E-state index contributed by atoms with van der Waals surface area (Å²) in [5, 5.41) is 3.35. The summed E-state index contributed by atoms with van der Waals surface area (Å²) in [5.41, 5.74) is 1.16. The molecule has 2 saturated heterocycles. The number of rotatable bonds is 4. The highest BCUT2D eigenvalue weighted by Crippen LogP contribution is 2.40. The summed E-state index contributed by atoms with van der Waals surface area (Å²) < 4.78 is 20.3. The van der Waals surface area contributed by atoms with Crippen molar-refractivity contribution in [3.8, 4) is 5.75 Å². The van der Waals surface area contributed by atoms with E-state index in [4.69, 9.17) is 4.74 Å². The largest absolute Gasteiger partial charge is 0.489 e. The molecular weight excluding hydrogens is 371 g/mol. The van der Waals surface area contributed by atoms with Gasteiger partial charge in [0, 0.05) is 30.6 Å². The van der Waals surface area contributed by atoms with Crippen molar-refractivity contribution in [2.75, 3.05) is 31.1 Å². The summed E-state index contributed by atoms with van der Waals surface area (Å²) in [6, 6.07) is 12.6. The van der Waals surface area contributed by atoms with Crippen LogP contribution in [0.2, 0.25) is 0 Å². The number of hydrogen-bond acceptors (Lipinski definition) is 5. The van der Waals surface area contributed by atoms with Crippen LogP contribution in [0.3, 0.4) is 0 Å². The van der Waals surface area contributed by atoms with Crippen LogP contribution >= 0.6 is 0 Å². The van der Waals surface area contributed by atoms with Gasteiger partial charge >= 0.3 is 0 Å². The summed E-state index contributed by atoms with van der Waals surface area (Å²) in [5.74, 6) is 0.247. The third kappa shape index (κ3) is 3.46. The molecular formula is C22H23FN4O2. The number of halogens is 1. The van der Waals surface area contributed by atoms with Crippen molar-refractivity contribution < 1.29 is 9.13 Å². The van der Waals surface area contributed by atoms with E-state index in [0.29, 0.717) is 29.2 Å². The average molecular weight is 394 g/mol. The molecule has 0 saturated carbocycles. The fourth-order valence-corrected chi connectivity index (χ4v) is 4.35. The maximum Gasteiger partial charge on any atom is 0.263 e. The molecule has 1 aromatic heterocycles. The third-order valence-electron chi connectivity index (χ3n) is 5.99. The number of aromatic nitrogens is 2. The highest BCUT2D eigenvalue weighted by atomic mass is 19.1. The molecule has 0 bridgehead atoms. The molecule has 0 atom stereocenters. The van der Waals surface area contributed by atoms with E-state index < -0.39 is 11.4 Å². The van der Waals surface area contributed by atoms with Gasteiger partial charge in [0.25, 0.3) is 5.56 Å². The van der Waals surface area contributed by atoms with Gasteiger partial charge in [-0.25, -0.2) is 9.37 Å². The number of aromatic amines is 1. The van der Waals surface area contributed by atoms with E-state index >= 15 is 0 Å². The lowest BCUT2D eigenvalue weighted by atomic mass is 9.72. The first-order valence-electron chi connectivity index (χ1n) is 9.98. The van der Waals surface area contributed by atoms with Crippen molar-refractivity contribution in [3.05, 3.63) is 64.2 Å². The second kappa shape index (κ2) is 7.15. The molecule has 150 valence electrons. The second-order valence-electron chi connectivity index (χ2n) is 8.07. The number of piperidine rings is 1. The highest BCUT2D eigenvalue weighted by Gasteiger charge is 2.44. The molecule has 2 N–H and O–H groups in total. The number of ether oxygens (including phenoxy) is 1. The lowest BCUT2D eigenvalue weighted by Gasteiger charge is -2.52. The lowest BCUT2D eigenvalue weighted by Crippen LogP contribution is -2.60. The van der Waals surface area contributed by atoms with E-state index in [1.165, 1.54) is 6.07 Å². The minimum Gasteiger partial charge on any atom is -0.489 e. The van der Waals surface area contributed by atoms with Crippen LogP contribution in [0.15, 0.2) is 47.3 Å².